The molecule has 2 heterocycles. The number of nitrogens with one attached hydrogen (secondary N) is 2. The van der Waals surface area contributed by atoms with Crippen molar-refractivity contribution in [3.8, 4) is 0 Å². The summed E-state index contributed by atoms with van der Waals surface area (Å²) >= 11 is 0. The number of H-pyrrole nitrogens is 1. The summed E-state index contributed by atoms with van der Waals surface area (Å²) in [5, 5.41) is 6.67. The number of aromatic nitrogens is 3. The van der Waals surface area contributed by atoms with Crippen LogP contribution >= 0.6 is 0 Å². The first-order valence-corrected chi connectivity index (χ1v) is 7.17. The molecule has 8 heteroatoms. The van der Waals surface area contributed by atoms with Gasteiger partial charge in [-0.05, 0) is 18.1 Å². The van der Waals surface area contributed by atoms with Crippen molar-refractivity contribution in [2.75, 3.05) is 10.5 Å². The lowest BCUT2D eigenvalue weighted by Crippen LogP contribution is -2.15. The summed E-state index contributed by atoms with van der Waals surface area (Å²) in [6.45, 7) is 3.95. The lowest BCUT2D eigenvalue weighted by molar-refractivity contribution is 0.601. The van der Waals surface area contributed by atoms with Crippen molar-refractivity contribution in [1.82, 2.24) is 15.2 Å². The highest BCUT2D eigenvalue weighted by molar-refractivity contribution is 7.92. The summed E-state index contributed by atoms with van der Waals surface area (Å²) < 4.78 is 26.6. The highest BCUT2D eigenvalue weighted by Gasteiger charge is 2.19. The minimum atomic E-state index is -3.78. The van der Waals surface area contributed by atoms with Crippen molar-refractivity contribution in [3.63, 3.8) is 0 Å². The third-order valence-corrected chi connectivity index (χ3v) is 3.95. The Morgan fingerprint density at radius 2 is 2.16 bits per heavy atom. The Hall–Kier alpha value is -2.09. The highest BCUT2D eigenvalue weighted by Crippen LogP contribution is 2.20. The van der Waals surface area contributed by atoms with Crippen molar-refractivity contribution >= 4 is 21.7 Å². The molecule has 0 fully saturated rings. The van der Waals surface area contributed by atoms with Crippen LogP contribution in [-0.4, -0.2) is 23.6 Å². The molecule has 4 N–H and O–H groups in total. The van der Waals surface area contributed by atoms with Gasteiger partial charge in [0.15, 0.2) is 5.82 Å². The number of rotatable bonds is 4. The number of sulfonamides is 1. The van der Waals surface area contributed by atoms with Crippen LogP contribution in [0.5, 0.6) is 0 Å². The minimum Gasteiger partial charge on any atom is -0.383 e. The van der Waals surface area contributed by atoms with Gasteiger partial charge in [0.1, 0.15) is 10.7 Å². The lowest BCUT2D eigenvalue weighted by Gasteiger charge is -2.06. The third-order valence-electron chi connectivity index (χ3n) is 2.55. The molecular formula is C11H15N5O2S. The van der Waals surface area contributed by atoms with Gasteiger partial charge in [0.25, 0.3) is 10.0 Å². The highest BCUT2D eigenvalue weighted by atomic mass is 32.2. The van der Waals surface area contributed by atoms with Gasteiger partial charge in [0.05, 0.1) is 0 Å². The third kappa shape index (κ3) is 2.84. The SMILES string of the molecule is CC(C)c1cc(NS(=O)(=O)c2cccnc2N)n[nH]1. The molecule has 2 aromatic heterocycles. The van der Waals surface area contributed by atoms with Gasteiger partial charge < -0.3 is 5.73 Å². The predicted molar refractivity (Wildman–Crippen MR) is 72.1 cm³/mol. The quantitative estimate of drug-likeness (QED) is 0.781. The van der Waals surface area contributed by atoms with Crippen LogP contribution < -0.4 is 10.5 Å². The molecule has 0 radical (unpaired) electrons. The Labute approximate surface area is 111 Å². The standard InChI is InChI=1S/C11H15N5O2S/c1-7(2)8-6-10(15-14-8)16-19(17,18)9-4-3-5-13-11(9)12/h3-7H,1-2H3,(H2,12,13)(H2,14,15,16). The number of pyridine rings is 1. The summed E-state index contributed by atoms with van der Waals surface area (Å²) in [4.78, 5) is 3.69. The van der Waals surface area contributed by atoms with E-state index in [9.17, 15) is 8.42 Å². The molecule has 0 bridgehead atoms. The van der Waals surface area contributed by atoms with Gasteiger partial charge >= 0.3 is 0 Å². The molecule has 7 nitrogen and oxygen atoms in total. The van der Waals surface area contributed by atoms with Crippen molar-refractivity contribution in [2.45, 2.75) is 24.7 Å². The van der Waals surface area contributed by atoms with Gasteiger partial charge in [0.2, 0.25) is 0 Å². The molecule has 19 heavy (non-hydrogen) atoms. The minimum absolute atomic E-state index is 0.0466. The number of nitrogens with two attached hydrogens (primary N) is 1. The zero-order chi connectivity index (χ0) is 14.0. The van der Waals surface area contributed by atoms with Gasteiger partial charge in [-0.25, -0.2) is 13.4 Å². The molecule has 102 valence electrons. The van der Waals surface area contributed by atoms with E-state index in [2.05, 4.69) is 19.9 Å². The number of nitrogens with zero attached hydrogens (tertiary/aromatic N) is 2. The van der Waals surface area contributed by atoms with E-state index in [-0.39, 0.29) is 22.4 Å². The summed E-state index contributed by atoms with van der Waals surface area (Å²) in [6, 6.07) is 4.55. The number of hydrogen-bond donors (Lipinski definition) is 3. The van der Waals surface area contributed by atoms with Gasteiger partial charge in [-0.3, -0.25) is 9.82 Å². The van der Waals surface area contributed by atoms with Crippen molar-refractivity contribution in [3.05, 3.63) is 30.1 Å². The van der Waals surface area contributed by atoms with E-state index < -0.39 is 10.0 Å². The van der Waals surface area contributed by atoms with E-state index in [4.69, 9.17) is 5.73 Å². The van der Waals surface area contributed by atoms with Crippen molar-refractivity contribution < 1.29 is 8.42 Å². The summed E-state index contributed by atoms with van der Waals surface area (Å²) in [5.41, 5.74) is 6.40. The average Bonchev–Trinajstić information content (AvgIpc) is 2.77. The smallest absolute Gasteiger partial charge is 0.266 e. The summed E-state index contributed by atoms with van der Waals surface area (Å²) in [6.07, 6.45) is 1.43. The van der Waals surface area contributed by atoms with Crippen LogP contribution in [0.3, 0.4) is 0 Å². The second kappa shape index (κ2) is 4.88. The van der Waals surface area contributed by atoms with Gasteiger partial charge in [-0.15, -0.1) is 0 Å². The lowest BCUT2D eigenvalue weighted by atomic mass is 10.1. The van der Waals surface area contributed by atoms with Crippen molar-refractivity contribution in [1.29, 1.82) is 0 Å². The summed E-state index contributed by atoms with van der Waals surface area (Å²) in [7, 11) is -3.78. The molecule has 0 saturated heterocycles. The fourth-order valence-corrected chi connectivity index (χ4v) is 2.58. The molecule has 0 aliphatic heterocycles. The molecular weight excluding hydrogens is 266 g/mol. The molecule has 0 atom stereocenters. The van der Waals surface area contributed by atoms with Crippen molar-refractivity contribution in [2.24, 2.45) is 0 Å². The zero-order valence-corrected chi connectivity index (χ0v) is 11.4. The first kappa shape index (κ1) is 13.3. The van der Waals surface area contributed by atoms with Crippen LogP contribution in [0.25, 0.3) is 0 Å². The first-order chi connectivity index (χ1) is 8.90. The van der Waals surface area contributed by atoms with Crippen LogP contribution in [0.2, 0.25) is 0 Å². The number of anilines is 2. The maximum absolute atomic E-state index is 12.1. The second-order valence-corrected chi connectivity index (χ2v) is 6.01. The molecule has 0 aliphatic rings. The number of nitrogen functional groups attached to an aromatic ring is 1. The molecule has 0 aliphatic carbocycles. The maximum Gasteiger partial charge on any atom is 0.266 e. The predicted octanol–water partition coefficient (Wildman–Crippen LogP) is 1.31. The molecule has 2 aromatic rings. The van der Waals surface area contributed by atoms with Gasteiger partial charge in [0, 0.05) is 18.0 Å². The Kier molecular flexibility index (Phi) is 3.43. The Bertz CT molecular complexity index is 678. The van der Waals surface area contributed by atoms with Crippen LogP contribution in [0.15, 0.2) is 29.3 Å². The van der Waals surface area contributed by atoms with Crippen LogP contribution in [0, 0.1) is 0 Å². The molecule has 0 saturated carbocycles. The molecule has 0 unspecified atom stereocenters. The van der Waals surface area contributed by atoms with Gasteiger partial charge in [-0.1, -0.05) is 13.8 Å². The zero-order valence-electron chi connectivity index (χ0n) is 10.6. The number of hydrogen-bond acceptors (Lipinski definition) is 5. The Morgan fingerprint density at radius 1 is 1.42 bits per heavy atom. The van der Waals surface area contributed by atoms with E-state index in [0.717, 1.165) is 5.69 Å². The van der Waals surface area contributed by atoms with Crippen LogP contribution in [0.4, 0.5) is 11.6 Å². The van der Waals surface area contributed by atoms with E-state index >= 15 is 0 Å². The van der Waals surface area contributed by atoms with Crippen LogP contribution in [-0.2, 0) is 10.0 Å². The molecule has 2 rings (SSSR count). The Morgan fingerprint density at radius 3 is 2.74 bits per heavy atom. The summed E-state index contributed by atoms with van der Waals surface area (Å²) in [5.74, 6) is 0.413. The van der Waals surface area contributed by atoms with Crippen LogP contribution in [0.1, 0.15) is 25.5 Å². The Balaban J connectivity index is 2.29. The van der Waals surface area contributed by atoms with E-state index in [1.54, 1.807) is 6.07 Å². The van der Waals surface area contributed by atoms with E-state index in [0.29, 0.717) is 0 Å². The topological polar surface area (TPSA) is 114 Å². The fourth-order valence-electron chi connectivity index (χ4n) is 1.51. The monoisotopic (exact) mass is 281 g/mol. The second-order valence-electron chi connectivity index (χ2n) is 4.36. The van der Waals surface area contributed by atoms with Gasteiger partial charge in [-0.2, -0.15) is 5.10 Å². The fraction of sp³-hybridized carbons (Fsp3) is 0.273. The largest absolute Gasteiger partial charge is 0.383 e. The molecule has 0 aromatic carbocycles. The van der Waals surface area contributed by atoms with E-state index in [1.165, 1.54) is 18.3 Å². The molecule has 0 spiro atoms. The average molecular weight is 281 g/mol. The number of aromatic amines is 1. The van der Waals surface area contributed by atoms with E-state index in [1.807, 2.05) is 13.8 Å². The maximum atomic E-state index is 12.1. The molecule has 0 amide bonds. The first-order valence-electron chi connectivity index (χ1n) is 5.69. The normalized spacial score (nSPS) is 11.7.